The summed E-state index contributed by atoms with van der Waals surface area (Å²) in [4.78, 5) is 28.8. The molecule has 11 heteroatoms. The van der Waals surface area contributed by atoms with Crippen molar-refractivity contribution in [1.82, 2.24) is 20.4 Å². The van der Waals surface area contributed by atoms with Gasteiger partial charge in [0.05, 0.1) is 16.7 Å². The number of hydrogen-bond acceptors (Lipinski definition) is 8. The van der Waals surface area contributed by atoms with Crippen LogP contribution in [0.5, 0.6) is 5.75 Å². The van der Waals surface area contributed by atoms with Crippen molar-refractivity contribution < 1.29 is 19.1 Å². The summed E-state index contributed by atoms with van der Waals surface area (Å²) in [6.07, 6.45) is 2.96. The summed E-state index contributed by atoms with van der Waals surface area (Å²) in [6.45, 7) is 8.56. The van der Waals surface area contributed by atoms with E-state index < -0.39 is 5.60 Å². The highest BCUT2D eigenvalue weighted by molar-refractivity contribution is 6.31. The van der Waals surface area contributed by atoms with E-state index in [0.29, 0.717) is 35.1 Å². The molecule has 1 aromatic heterocycles. The van der Waals surface area contributed by atoms with Crippen LogP contribution in [0, 0.1) is 16.7 Å². The minimum absolute atomic E-state index is 0.0351. The number of carbonyl (C=O) groups is 2. The second-order valence-corrected chi connectivity index (χ2v) is 12.2. The number of anilines is 1. The topological polar surface area (TPSA) is 121 Å². The molecule has 5 rings (SSSR count). The van der Waals surface area contributed by atoms with E-state index in [4.69, 9.17) is 26.3 Å². The third kappa shape index (κ3) is 6.19. The Morgan fingerprint density at radius 3 is 2.38 bits per heavy atom. The summed E-state index contributed by atoms with van der Waals surface area (Å²) in [6, 6.07) is 10.7. The van der Waals surface area contributed by atoms with Crippen LogP contribution in [0.25, 0.3) is 0 Å². The molecule has 0 bridgehead atoms. The first-order valence-corrected chi connectivity index (χ1v) is 13.6. The minimum Gasteiger partial charge on any atom is -0.490 e. The Morgan fingerprint density at radius 2 is 1.79 bits per heavy atom. The van der Waals surface area contributed by atoms with Gasteiger partial charge in [0.15, 0.2) is 11.5 Å². The van der Waals surface area contributed by atoms with Crippen molar-refractivity contribution in [3.8, 4) is 11.8 Å². The lowest BCUT2D eigenvalue weighted by molar-refractivity contribution is -0.0455. The summed E-state index contributed by atoms with van der Waals surface area (Å²) >= 11 is 6.10. The van der Waals surface area contributed by atoms with Crippen LogP contribution >= 0.6 is 11.6 Å². The number of ether oxygens (including phenoxy) is 2. The van der Waals surface area contributed by atoms with E-state index in [2.05, 4.69) is 20.4 Å². The van der Waals surface area contributed by atoms with Gasteiger partial charge in [-0.25, -0.2) is 4.79 Å². The average Bonchev–Trinajstić information content (AvgIpc) is 2.83. The second-order valence-electron chi connectivity index (χ2n) is 11.8. The standard InChI is InChI=1S/C28H33ClN6O4/c1-27(2,3)39-26(37)35-16-28(17-35)14-34(15-28)24-11-10-23(32-33-24)25(36)31-19-5-8-20(9-6-19)38-21-7-4-18(13-30)22(29)12-21/h4,7,10-12,19-20H,5-6,8-9,14-17H2,1-3H3,(H,31,36). The van der Waals surface area contributed by atoms with Gasteiger partial charge >= 0.3 is 6.09 Å². The van der Waals surface area contributed by atoms with E-state index in [1.54, 1.807) is 29.2 Å². The molecule has 0 unspecified atom stereocenters. The lowest BCUT2D eigenvalue weighted by atomic mass is 9.73. The molecule has 1 aromatic carbocycles. The third-order valence-electron chi connectivity index (χ3n) is 7.34. The van der Waals surface area contributed by atoms with Crippen LogP contribution < -0.4 is 15.0 Å². The van der Waals surface area contributed by atoms with E-state index in [-0.39, 0.29) is 29.6 Å². The van der Waals surface area contributed by atoms with Crippen molar-refractivity contribution in [2.45, 2.75) is 64.2 Å². The molecule has 10 nitrogen and oxygen atoms in total. The fourth-order valence-electron chi connectivity index (χ4n) is 5.40. The first-order valence-electron chi connectivity index (χ1n) is 13.3. The van der Waals surface area contributed by atoms with Crippen molar-refractivity contribution in [2.75, 3.05) is 31.1 Å². The Morgan fingerprint density at radius 1 is 1.08 bits per heavy atom. The number of likely N-dealkylation sites (tertiary alicyclic amines) is 1. The van der Waals surface area contributed by atoms with Crippen molar-refractivity contribution in [2.24, 2.45) is 5.41 Å². The Balaban J connectivity index is 1.04. The maximum absolute atomic E-state index is 12.8. The molecule has 3 aliphatic rings. The van der Waals surface area contributed by atoms with Crippen molar-refractivity contribution in [1.29, 1.82) is 5.26 Å². The quantitative estimate of drug-likeness (QED) is 0.586. The summed E-state index contributed by atoms with van der Waals surface area (Å²) in [7, 11) is 0. The maximum atomic E-state index is 12.8. The summed E-state index contributed by atoms with van der Waals surface area (Å²) in [5, 5.41) is 20.9. The van der Waals surface area contributed by atoms with Gasteiger partial charge in [-0.2, -0.15) is 5.26 Å². The summed E-state index contributed by atoms with van der Waals surface area (Å²) in [5.74, 6) is 1.14. The third-order valence-corrected chi connectivity index (χ3v) is 7.65. The zero-order valence-corrected chi connectivity index (χ0v) is 23.2. The molecule has 206 valence electrons. The zero-order chi connectivity index (χ0) is 27.8. The van der Waals surface area contributed by atoms with Crippen LogP contribution in [-0.4, -0.2) is 71.0 Å². The number of carbonyl (C=O) groups excluding carboxylic acids is 2. The smallest absolute Gasteiger partial charge is 0.410 e. The van der Waals surface area contributed by atoms with Crippen LogP contribution in [0.1, 0.15) is 62.5 Å². The second kappa shape index (κ2) is 10.5. The molecule has 2 aromatic rings. The number of rotatable bonds is 5. The van der Waals surface area contributed by atoms with Gasteiger partial charge in [-0.05, 0) is 70.7 Å². The van der Waals surface area contributed by atoms with Gasteiger partial charge in [0.2, 0.25) is 0 Å². The zero-order valence-electron chi connectivity index (χ0n) is 22.4. The number of amides is 2. The number of nitriles is 1. The fourth-order valence-corrected chi connectivity index (χ4v) is 5.61. The van der Waals surface area contributed by atoms with Crippen LogP contribution in [0.3, 0.4) is 0 Å². The molecular weight excluding hydrogens is 520 g/mol. The van der Waals surface area contributed by atoms with E-state index >= 15 is 0 Å². The number of nitrogens with one attached hydrogen (secondary N) is 1. The SMILES string of the molecule is CC(C)(C)OC(=O)N1CC2(C1)CN(c1ccc(C(=O)NC3CCC(Oc4ccc(C#N)c(Cl)c4)CC3)nn1)C2. The van der Waals surface area contributed by atoms with Crippen molar-refractivity contribution in [3.05, 3.63) is 46.6 Å². The Labute approximate surface area is 233 Å². The van der Waals surface area contributed by atoms with Gasteiger partial charge < -0.3 is 24.6 Å². The molecular formula is C28H33ClN6O4. The Bertz CT molecular complexity index is 1270. The predicted molar refractivity (Wildman–Crippen MR) is 145 cm³/mol. The highest BCUT2D eigenvalue weighted by Crippen LogP contribution is 2.41. The first kappa shape index (κ1) is 27.0. The molecule has 2 saturated heterocycles. The van der Waals surface area contributed by atoms with Gasteiger partial charge in [0.25, 0.3) is 5.91 Å². The normalized spacial score (nSPS) is 21.8. The molecule has 1 N–H and O–H groups in total. The number of aromatic nitrogens is 2. The molecule has 0 radical (unpaired) electrons. The summed E-state index contributed by atoms with van der Waals surface area (Å²) in [5.41, 5.74) is 0.305. The van der Waals surface area contributed by atoms with E-state index in [0.717, 1.165) is 44.6 Å². The molecule has 39 heavy (non-hydrogen) atoms. The van der Waals surface area contributed by atoms with Gasteiger partial charge in [-0.3, -0.25) is 4.79 Å². The Kier molecular flexibility index (Phi) is 7.29. The van der Waals surface area contributed by atoms with Gasteiger partial charge in [0.1, 0.15) is 17.4 Å². The maximum Gasteiger partial charge on any atom is 0.410 e. The first-order chi connectivity index (χ1) is 18.5. The molecule has 0 atom stereocenters. The van der Waals surface area contributed by atoms with Gasteiger partial charge in [0, 0.05) is 43.7 Å². The highest BCUT2D eigenvalue weighted by Gasteiger charge is 2.54. The largest absolute Gasteiger partial charge is 0.490 e. The summed E-state index contributed by atoms with van der Waals surface area (Å²) < 4.78 is 11.5. The average molecular weight is 553 g/mol. The number of benzene rings is 1. The Hall–Kier alpha value is -3.58. The number of hydrogen-bond donors (Lipinski definition) is 1. The lowest BCUT2D eigenvalue weighted by Gasteiger charge is -2.60. The fraction of sp³-hybridized carbons (Fsp3) is 0.536. The van der Waals surface area contributed by atoms with Crippen LogP contribution in [-0.2, 0) is 4.74 Å². The van der Waals surface area contributed by atoms with E-state index in [9.17, 15) is 9.59 Å². The molecule has 3 heterocycles. The van der Waals surface area contributed by atoms with Crippen LogP contribution in [0.2, 0.25) is 5.02 Å². The van der Waals surface area contributed by atoms with E-state index in [1.807, 2.05) is 32.9 Å². The monoisotopic (exact) mass is 552 g/mol. The van der Waals surface area contributed by atoms with Gasteiger partial charge in [-0.1, -0.05) is 11.6 Å². The predicted octanol–water partition coefficient (Wildman–Crippen LogP) is 4.18. The van der Waals surface area contributed by atoms with Gasteiger partial charge in [-0.15, -0.1) is 10.2 Å². The van der Waals surface area contributed by atoms with Crippen LogP contribution in [0.4, 0.5) is 10.6 Å². The van der Waals surface area contributed by atoms with Crippen LogP contribution in [0.15, 0.2) is 30.3 Å². The molecule has 1 spiro atoms. The molecule has 2 amide bonds. The lowest BCUT2D eigenvalue weighted by Crippen LogP contribution is -2.73. The number of halogens is 1. The molecule has 2 aliphatic heterocycles. The molecule has 3 fully saturated rings. The molecule has 1 aliphatic carbocycles. The number of nitrogens with zero attached hydrogens (tertiary/aromatic N) is 5. The minimum atomic E-state index is -0.495. The highest BCUT2D eigenvalue weighted by atomic mass is 35.5. The van der Waals surface area contributed by atoms with E-state index in [1.165, 1.54) is 0 Å². The van der Waals surface area contributed by atoms with Crippen molar-refractivity contribution in [3.63, 3.8) is 0 Å². The molecule has 1 saturated carbocycles. The van der Waals surface area contributed by atoms with Crippen molar-refractivity contribution >= 4 is 29.4 Å².